The van der Waals surface area contributed by atoms with Gasteiger partial charge in [0.1, 0.15) is 11.9 Å². The van der Waals surface area contributed by atoms with Crippen LogP contribution in [0.2, 0.25) is 0 Å². The SMILES string of the molecule is CCc1ccc(CCC(=O)N(Cc2ccccc2F)C(Cc2ccccc2)C(=O)NC2CCCCC2)cc1. The van der Waals surface area contributed by atoms with Crippen molar-refractivity contribution >= 4 is 11.8 Å². The van der Waals surface area contributed by atoms with Gasteiger partial charge in [-0.2, -0.15) is 0 Å². The number of rotatable bonds is 11. The van der Waals surface area contributed by atoms with Crippen molar-refractivity contribution in [2.75, 3.05) is 0 Å². The van der Waals surface area contributed by atoms with Crippen molar-refractivity contribution in [1.82, 2.24) is 10.2 Å². The zero-order valence-corrected chi connectivity index (χ0v) is 22.4. The quantitative estimate of drug-likeness (QED) is 0.321. The van der Waals surface area contributed by atoms with E-state index in [1.54, 1.807) is 23.1 Å². The summed E-state index contributed by atoms with van der Waals surface area (Å²) in [6, 6.07) is 24.0. The monoisotopic (exact) mass is 514 g/mol. The molecular weight excluding hydrogens is 475 g/mol. The van der Waals surface area contributed by atoms with Crippen molar-refractivity contribution in [2.24, 2.45) is 0 Å². The summed E-state index contributed by atoms with van der Waals surface area (Å²) in [5, 5.41) is 3.23. The van der Waals surface area contributed by atoms with Crippen LogP contribution < -0.4 is 5.32 Å². The molecule has 3 aromatic rings. The highest BCUT2D eigenvalue weighted by atomic mass is 19.1. The number of amides is 2. The first-order chi connectivity index (χ1) is 18.5. The fourth-order valence-electron chi connectivity index (χ4n) is 5.24. The number of hydrogen-bond acceptors (Lipinski definition) is 2. The molecule has 4 nitrogen and oxygen atoms in total. The molecule has 0 bridgehead atoms. The Kier molecular flexibility index (Phi) is 10.1. The Labute approximate surface area is 226 Å². The van der Waals surface area contributed by atoms with Crippen molar-refractivity contribution in [3.05, 3.63) is 107 Å². The Morgan fingerprint density at radius 2 is 1.53 bits per heavy atom. The van der Waals surface area contributed by atoms with Crippen molar-refractivity contribution in [2.45, 2.75) is 83.3 Å². The van der Waals surface area contributed by atoms with Gasteiger partial charge in [0.05, 0.1) is 0 Å². The van der Waals surface area contributed by atoms with Crippen LogP contribution in [-0.2, 0) is 35.4 Å². The number of halogens is 1. The minimum Gasteiger partial charge on any atom is -0.352 e. The maximum Gasteiger partial charge on any atom is 0.243 e. The number of aryl methyl sites for hydroxylation is 2. The van der Waals surface area contributed by atoms with Crippen LogP contribution in [0.5, 0.6) is 0 Å². The van der Waals surface area contributed by atoms with Gasteiger partial charge in [-0.25, -0.2) is 4.39 Å². The largest absolute Gasteiger partial charge is 0.352 e. The van der Waals surface area contributed by atoms with Gasteiger partial charge in [0.2, 0.25) is 11.8 Å². The Balaban J connectivity index is 1.60. The van der Waals surface area contributed by atoms with E-state index in [9.17, 15) is 14.0 Å². The second-order valence-corrected chi connectivity index (χ2v) is 10.3. The molecule has 38 heavy (non-hydrogen) atoms. The van der Waals surface area contributed by atoms with E-state index in [0.717, 1.165) is 43.2 Å². The Morgan fingerprint density at radius 1 is 0.868 bits per heavy atom. The number of carbonyl (C=O) groups is 2. The van der Waals surface area contributed by atoms with Gasteiger partial charge in [-0.3, -0.25) is 9.59 Å². The van der Waals surface area contributed by atoms with E-state index >= 15 is 0 Å². The van der Waals surface area contributed by atoms with Crippen LogP contribution in [0.1, 0.15) is 67.7 Å². The normalized spacial score (nSPS) is 14.6. The van der Waals surface area contributed by atoms with Gasteiger partial charge >= 0.3 is 0 Å². The van der Waals surface area contributed by atoms with E-state index < -0.39 is 6.04 Å². The lowest BCUT2D eigenvalue weighted by molar-refractivity contribution is -0.141. The third-order valence-corrected chi connectivity index (χ3v) is 7.58. The van der Waals surface area contributed by atoms with Gasteiger partial charge < -0.3 is 10.2 Å². The highest BCUT2D eigenvalue weighted by Crippen LogP contribution is 2.21. The second-order valence-electron chi connectivity index (χ2n) is 10.3. The molecule has 1 N–H and O–H groups in total. The Morgan fingerprint density at radius 3 is 2.21 bits per heavy atom. The van der Waals surface area contributed by atoms with Gasteiger partial charge in [-0.05, 0) is 48.4 Å². The molecule has 0 aromatic heterocycles. The van der Waals surface area contributed by atoms with Crippen molar-refractivity contribution in [1.29, 1.82) is 0 Å². The molecule has 1 fully saturated rings. The predicted molar refractivity (Wildman–Crippen MR) is 150 cm³/mol. The molecule has 0 spiro atoms. The maximum absolute atomic E-state index is 14.8. The summed E-state index contributed by atoms with van der Waals surface area (Å²) in [7, 11) is 0. The van der Waals surface area contributed by atoms with E-state index in [-0.39, 0.29) is 36.6 Å². The molecule has 0 radical (unpaired) electrons. The minimum atomic E-state index is -0.728. The zero-order chi connectivity index (χ0) is 26.7. The summed E-state index contributed by atoms with van der Waals surface area (Å²) >= 11 is 0. The summed E-state index contributed by atoms with van der Waals surface area (Å²) in [5.74, 6) is -0.670. The number of nitrogens with one attached hydrogen (secondary N) is 1. The first-order valence-corrected chi connectivity index (χ1v) is 14.0. The van der Waals surface area contributed by atoms with E-state index in [1.165, 1.54) is 18.1 Å². The zero-order valence-electron chi connectivity index (χ0n) is 22.4. The van der Waals surface area contributed by atoms with Crippen LogP contribution >= 0.6 is 0 Å². The molecule has 1 atom stereocenters. The van der Waals surface area contributed by atoms with Crippen LogP contribution in [-0.4, -0.2) is 28.8 Å². The molecule has 1 saturated carbocycles. The van der Waals surface area contributed by atoms with Crippen LogP contribution in [0.3, 0.4) is 0 Å². The first kappa shape index (κ1) is 27.6. The number of hydrogen-bond donors (Lipinski definition) is 1. The lowest BCUT2D eigenvalue weighted by Gasteiger charge is -2.33. The summed E-state index contributed by atoms with van der Waals surface area (Å²) < 4.78 is 14.8. The number of nitrogens with zero attached hydrogens (tertiary/aromatic N) is 1. The van der Waals surface area contributed by atoms with Gasteiger partial charge in [0, 0.05) is 31.0 Å². The van der Waals surface area contributed by atoms with Crippen LogP contribution in [0.15, 0.2) is 78.9 Å². The van der Waals surface area contributed by atoms with E-state index in [2.05, 4.69) is 36.5 Å². The smallest absolute Gasteiger partial charge is 0.243 e. The standard InChI is InChI=1S/C33H39FN2O2/c1-2-25-17-19-26(20-18-25)21-22-32(37)36(24-28-13-9-10-16-30(28)34)31(23-27-11-5-3-6-12-27)33(38)35-29-14-7-4-8-15-29/h3,5-6,9-13,16-20,29,31H,2,4,7-8,14-15,21-24H2,1H3,(H,35,38). The number of carbonyl (C=O) groups excluding carboxylic acids is 2. The first-order valence-electron chi connectivity index (χ1n) is 14.0. The fraction of sp³-hybridized carbons (Fsp3) is 0.394. The Bertz CT molecular complexity index is 1170. The van der Waals surface area contributed by atoms with Gasteiger partial charge in [0.25, 0.3) is 0 Å². The summed E-state index contributed by atoms with van der Waals surface area (Å²) in [6.07, 6.45) is 7.47. The Hall–Kier alpha value is -3.47. The molecule has 0 aliphatic heterocycles. The minimum absolute atomic E-state index is 0.0515. The molecule has 1 aliphatic rings. The molecule has 0 heterocycles. The van der Waals surface area contributed by atoms with Gasteiger partial charge in [0.15, 0.2) is 0 Å². The predicted octanol–water partition coefficient (Wildman–Crippen LogP) is 6.41. The molecular formula is C33H39FN2O2. The van der Waals surface area contributed by atoms with Crippen LogP contribution in [0.25, 0.3) is 0 Å². The van der Waals surface area contributed by atoms with Crippen molar-refractivity contribution in [3.8, 4) is 0 Å². The van der Waals surface area contributed by atoms with Gasteiger partial charge in [-0.1, -0.05) is 99.0 Å². The van der Waals surface area contributed by atoms with E-state index in [0.29, 0.717) is 18.4 Å². The lowest BCUT2D eigenvalue weighted by atomic mass is 9.94. The van der Waals surface area contributed by atoms with Crippen molar-refractivity contribution < 1.29 is 14.0 Å². The molecule has 1 aliphatic carbocycles. The maximum atomic E-state index is 14.8. The average Bonchev–Trinajstić information content (AvgIpc) is 2.96. The second kappa shape index (κ2) is 13.9. The molecule has 2 amide bonds. The summed E-state index contributed by atoms with van der Waals surface area (Å²) in [4.78, 5) is 29.2. The van der Waals surface area contributed by atoms with Gasteiger partial charge in [-0.15, -0.1) is 0 Å². The molecule has 5 heteroatoms. The third kappa shape index (κ3) is 7.77. The lowest BCUT2D eigenvalue weighted by Crippen LogP contribution is -2.53. The molecule has 3 aromatic carbocycles. The van der Waals surface area contributed by atoms with Crippen molar-refractivity contribution in [3.63, 3.8) is 0 Å². The van der Waals surface area contributed by atoms with E-state index in [4.69, 9.17) is 0 Å². The summed E-state index contributed by atoms with van der Waals surface area (Å²) in [6.45, 7) is 2.17. The fourth-order valence-corrected chi connectivity index (χ4v) is 5.24. The average molecular weight is 515 g/mol. The summed E-state index contributed by atoms with van der Waals surface area (Å²) in [5.41, 5.74) is 3.71. The molecule has 1 unspecified atom stereocenters. The molecule has 200 valence electrons. The number of benzene rings is 3. The van der Waals surface area contributed by atoms with Crippen LogP contribution in [0, 0.1) is 5.82 Å². The third-order valence-electron chi connectivity index (χ3n) is 7.58. The topological polar surface area (TPSA) is 49.4 Å². The molecule has 4 rings (SSSR count). The highest BCUT2D eigenvalue weighted by molar-refractivity contribution is 5.88. The molecule has 0 saturated heterocycles. The van der Waals surface area contributed by atoms with Crippen LogP contribution in [0.4, 0.5) is 4.39 Å². The van der Waals surface area contributed by atoms with E-state index in [1.807, 2.05) is 30.3 Å². The highest BCUT2D eigenvalue weighted by Gasteiger charge is 2.32.